The Morgan fingerprint density at radius 2 is 2.05 bits per heavy atom. The molecule has 1 fully saturated rings. The number of halogens is 2. The van der Waals surface area contributed by atoms with Crippen LogP contribution in [0.2, 0.25) is 0 Å². The number of methoxy groups -OCH3 is 1. The second-order valence-electron chi connectivity index (χ2n) is 5.33. The van der Waals surface area contributed by atoms with Gasteiger partial charge >= 0.3 is 0 Å². The van der Waals surface area contributed by atoms with Gasteiger partial charge in [0.15, 0.2) is 0 Å². The molecule has 2 rings (SSSR count). The number of hydrogen-bond donors (Lipinski definition) is 1. The van der Waals surface area contributed by atoms with Gasteiger partial charge in [0.2, 0.25) is 0 Å². The molecule has 0 spiro atoms. The fourth-order valence-corrected chi connectivity index (χ4v) is 2.85. The van der Waals surface area contributed by atoms with Crippen molar-refractivity contribution < 1.29 is 13.5 Å². The summed E-state index contributed by atoms with van der Waals surface area (Å²) in [4.78, 5) is 0. The van der Waals surface area contributed by atoms with Crippen LogP contribution < -0.4 is 10.1 Å². The van der Waals surface area contributed by atoms with E-state index in [1.54, 1.807) is 6.07 Å². The van der Waals surface area contributed by atoms with Crippen LogP contribution in [0.1, 0.15) is 29.5 Å². The average Bonchev–Trinajstić information content (AvgIpc) is 2.39. The normalized spacial score (nSPS) is 20.4. The molecule has 1 atom stereocenters. The summed E-state index contributed by atoms with van der Waals surface area (Å²) in [7, 11) is 1.45. The summed E-state index contributed by atoms with van der Waals surface area (Å²) in [6.45, 7) is 4.84. The number of hydrogen-bond acceptors (Lipinski definition) is 2. The SMILES string of the molecule is COc1c(C)cc(C)cc1C(F)(F)C1CCCNC1. The second kappa shape index (κ2) is 5.45. The van der Waals surface area contributed by atoms with Gasteiger partial charge in [-0.3, -0.25) is 0 Å². The molecule has 0 aliphatic carbocycles. The van der Waals surface area contributed by atoms with Gasteiger partial charge in [0.05, 0.1) is 12.7 Å². The van der Waals surface area contributed by atoms with Gasteiger partial charge in [0.25, 0.3) is 5.92 Å². The van der Waals surface area contributed by atoms with Crippen molar-refractivity contribution in [3.8, 4) is 5.75 Å². The zero-order valence-electron chi connectivity index (χ0n) is 11.7. The molecule has 0 bridgehead atoms. The van der Waals surface area contributed by atoms with Gasteiger partial charge in [-0.15, -0.1) is 0 Å². The molecule has 1 aliphatic rings. The number of ether oxygens (including phenoxy) is 1. The predicted octanol–water partition coefficient (Wildman–Crippen LogP) is 3.40. The Morgan fingerprint density at radius 1 is 1.32 bits per heavy atom. The molecule has 2 nitrogen and oxygen atoms in total. The molecular weight excluding hydrogens is 248 g/mol. The Kier molecular flexibility index (Phi) is 4.09. The fraction of sp³-hybridized carbons (Fsp3) is 0.600. The van der Waals surface area contributed by atoms with Crippen molar-refractivity contribution in [2.24, 2.45) is 5.92 Å². The van der Waals surface area contributed by atoms with E-state index in [1.165, 1.54) is 7.11 Å². The molecule has 1 aliphatic heterocycles. The van der Waals surface area contributed by atoms with Crippen molar-refractivity contribution in [1.82, 2.24) is 5.32 Å². The lowest BCUT2D eigenvalue weighted by Crippen LogP contribution is -2.39. The molecule has 106 valence electrons. The van der Waals surface area contributed by atoms with Crippen LogP contribution >= 0.6 is 0 Å². The maximum atomic E-state index is 14.7. The number of nitrogens with one attached hydrogen (secondary N) is 1. The largest absolute Gasteiger partial charge is 0.496 e. The first-order valence-electron chi connectivity index (χ1n) is 6.71. The first-order chi connectivity index (χ1) is 8.96. The lowest BCUT2D eigenvalue weighted by atomic mass is 9.86. The van der Waals surface area contributed by atoms with Crippen LogP contribution in [0.5, 0.6) is 5.75 Å². The van der Waals surface area contributed by atoms with E-state index in [4.69, 9.17) is 4.74 Å². The number of piperidine rings is 1. The highest BCUT2D eigenvalue weighted by Crippen LogP contribution is 2.44. The first-order valence-corrected chi connectivity index (χ1v) is 6.71. The molecule has 0 amide bonds. The summed E-state index contributed by atoms with van der Waals surface area (Å²) in [6, 6.07) is 3.43. The Balaban J connectivity index is 2.43. The van der Waals surface area contributed by atoms with Gasteiger partial charge in [-0.05, 0) is 44.9 Å². The molecule has 4 heteroatoms. The van der Waals surface area contributed by atoms with E-state index in [9.17, 15) is 8.78 Å². The Labute approximate surface area is 113 Å². The van der Waals surface area contributed by atoms with E-state index in [2.05, 4.69) is 5.32 Å². The Bertz CT molecular complexity index is 454. The highest BCUT2D eigenvalue weighted by atomic mass is 19.3. The summed E-state index contributed by atoms with van der Waals surface area (Å²) in [5, 5.41) is 3.06. The van der Waals surface area contributed by atoms with Crippen LogP contribution in [0.4, 0.5) is 8.78 Å². The lowest BCUT2D eigenvalue weighted by molar-refractivity contribution is -0.0740. The summed E-state index contributed by atoms with van der Waals surface area (Å²) >= 11 is 0. The molecule has 0 radical (unpaired) electrons. The summed E-state index contributed by atoms with van der Waals surface area (Å²) in [5.74, 6) is -3.19. The van der Waals surface area contributed by atoms with E-state index in [-0.39, 0.29) is 5.56 Å². The molecule has 1 N–H and O–H groups in total. The molecule has 1 unspecified atom stereocenters. The van der Waals surface area contributed by atoms with Crippen LogP contribution in [-0.2, 0) is 5.92 Å². The molecule has 1 heterocycles. The number of rotatable bonds is 3. The monoisotopic (exact) mass is 269 g/mol. The molecule has 19 heavy (non-hydrogen) atoms. The highest BCUT2D eigenvalue weighted by Gasteiger charge is 2.44. The zero-order chi connectivity index (χ0) is 14.0. The molecule has 0 saturated carbocycles. The van der Waals surface area contributed by atoms with Crippen LogP contribution in [-0.4, -0.2) is 20.2 Å². The number of benzene rings is 1. The highest BCUT2D eigenvalue weighted by molar-refractivity contribution is 5.46. The number of aryl methyl sites for hydroxylation is 2. The Hall–Kier alpha value is -1.16. The third-order valence-electron chi connectivity index (χ3n) is 3.79. The lowest BCUT2D eigenvalue weighted by Gasteiger charge is -2.32. The smallest absolute Gasteiger partial charge is 0.280 e. The van der Waals surface area contributed by atoms with Crippen molar-refractivity contribution >= 4 is 0 Å². The van der Waals surface area contributed by atoms with Gasteiger partial charge in [-0.25, -0.2) is 8.78 Å². The van der Waals surface area contributed by atoms with E-state index >= 15 is 0 Å². The summed E-state index contributed by atoms with van der Waals surface area (Å²) in [6.07, 6.45) is 1.35. The van der Waals surface area contributed by atoms with Crippen molar-refractivity contribution in [2.45, 2.75) is 32.6 Å². The van der Waals surface area contributed by atoms with Crippen LogP contribution in [0.25, 0.3) is 0 Å². The van der Waals surface area contributed by atoms with Crippen molar-refractivity contribution in [3.05, 3.63) is 28.8 Å². The fourth-order valence-electron chi connectivity index (χ4n) is 2.85. The van der Waals surface area contributed by atoms with E-state index in [0.717, 1.165) is 24.1 Å². The third-order valence-corrected chi connectivity index (χ3v) is 3.79. The molecule has 1 saturated heterocycles. The van der Waals surface area contributed by atoms with Crippen LogP contribution in [0.3, 0.4) is 0 Å². The quantitative estimate of drug-likeness (QED) is 0.908. The standard InChI is InChI=1S/C15H21F2NO/c1-10-7-11(2)14(19-3)13(8-10)15(16,17)12-5-4-6-18-9-12/h7-8,12,18H,4-6,9H2,1-3H3. The second-order valence-corrected chi connectivity index (χ2v) is 5.33. The zero-order valence-corrected chi connectivity index (χ0v) is 11.7. The van der Waals surface area contributed by atoms with Gasteiger partial charge in [-0.2, -0.15) is 0 Å². The van der Waals surface area contributed by atoms with Crippen LogP contribution in [0.15, 0.2) is 12.1 Å². The summed E-state index contributed by atoms with van der Waals surface area (Å²) < 4.78 is 34.7. The van der Waals surface area contributed by atoms with Crippen molar-refractivity contribution in [2.75, 3.05) is 20.2 Å². The van der Waals surface area contributed by atoms with Crippen molar-refractivity contribution in [3.63, 3.8) is 0 Å². The minimum Gasteiger partial charge on any atom is -0.496 e. The maximum absolute atomic E-state index is 14.7. The van der Waals surface area contributed by atoms with E-state index in [0.29, 0.717) is 18.7 Å². The van der Waals surface area contributed by atoms with Crippen molar-refractivity contribution in [1.29, 1.82) is 0 Å². The van der Waals surface area contributed by atoms with Gasteiger partial charge in [-0.1, -0.05) is 11.6 Å². The first kappa shape index (κ1) is 14.3. The summed E-state index contributed by atoms with van der Waals surface area (Å²) in [5.41, 5.74) is 1.64. The average molecular weight is 269 g/mol. The third kappa shape index (κ3) is 2.73. The topological polar surface area (TPSA) is 21.3 Å². The minimum absolute atomic E-state index is 0.0289. The van der Waals surface area contributed by atoms with Gasteiger partial charge in [0.1, 0.15) is 5.75 Å². The minimum atomic E-state index is -2.85. The van der Waals surface area contributed by atoms with E-state index in [1.807, 2.05) is 19.9 Å². The molecular formula is C15H21F2NO. The van der Waals surface area contributed by atoms with Gasteiger partial charge < -0.3 is 10.1 Å². The molecule has 1 aromatic carbocycles. The Morgan fingerprint density at radius 3 is 2.63 bits per heavy atom. The van der Waals surface area contributed by atoms with Crippen LogP contribution in [0, 0.1) is 19.8 Å². The van der Waals surface area contributed by atoms with Gasteiger partial charge in [0, 0.05) is 12.5 Å². The number of alkyl halides is 2. The molecule has 0 aromatic heterocycles. The maximum Gasteiger partial charge on any atom is 0.280 e. The predicted molar refractivity (Wildman–Crippen MR) is 72.0 cm³/mol. The van der Waals surface area contributed by atoms with E-state index < -0.39 is 11.8 Å². The molecule has 1 aromatic rings.